The van der Waals surface area contributed by atoms with E-state index in [1.807, 2.05) is 0 Å². The molecular formula is C80H57B2N3. The average Bonchev–Trinajstić information content (AvgIpc) is 1.58. The van der Waals surface area contributed by atoms with Gasteiger partial charge in [-0.25, -0.2) is 0 Å². The average molecular weight is 1080 g/mol. The second kappa shape index (κ2) is 16.5. The number of hydrogen-bond acceptors (Lipinski definition) is 0. The maximum Gasteiger partial charge on any atom is 0.252 e. The number of rotatable bonds is 5. The number of hydrogen-bond donors (Lipinski definition) is 0. The molecule has 7 heterocycles. The van der Waals surface area contributed by atoms with Gasteiger partial charge in [0.2, 0.25) is 0 Å². The molecule has 0 amide bonds. The van der Waals surface area contributed by atoms with Gasteiger partial charge >= 0.3 is 0 Å². The van der Waals surface area contributed by atoms with Gasteiger partial charge < -0.3 is 13.7 Å². The minimum absolute atomic E-state index is 0.0504. The number of benzene rings is 12. The van der Waals surface area contributed by atoms with E-state index in [0.717, 1.165) is 0 Å². The Morgan fingerprint density at radius 2 is 0.600 bits per heavy atom. The van der Waals surface area contributed by atoms with Gasteiger partial charge in [-0.15, -0.1) is 0 Å². The Kier molecular flexibility index (Phi) is 9.24. The lowest BCUT2D eigenvalue weighted by atomic mass is 9.29. The second-order valence-electron chi connectivity index (χ2n) is 26.8. The van der Waals surface area contributed by atoms with Crippen LogP contribution in [0.25, 0.3) is 138 Å². The fourth-order valence-corrected chi connectivity index (χ4v) is 16.2. The fraction of sp³-hybridized carbons (Fsp3) is 0.100. The highest BCUT2D eigenvalue weighted by Gasteiger charge is 2.51. The van der Waals surface area contributed by atoms with Gasteiger partial charge in [0.05, 0.1) is 22.4 Å². The molecule has 3 aromatic heterocycles. The van der Waals surface area contributed by atoms with Crippen molar-refractivity contribution in [3.63, 3.8) is 0 Å². The smallest absolute Gasteiger partial charge is 0.252 e. The molecule has 15 aromatic rings. The summed E-state index contributed by atoms with van der Waals surface area (Å²) in [6.45, 7) is 14.1. The van der Waals surface area contributed by atoms with Crippen molar-refractivity contribution in [3.8, 4) is 72.7 Å². The Morgan fingerprint density at radius 3 is 1.05 bits per heavy atom. The van der Waals surface area contributed by atoms with E-state index in [1.54, 1.807) is 0 Å². The maximum atomic E-state index is 2.81. The standard InChI is InChI=1S/C80H57B2N3/c1-79(2,3)55-33-35-68-58(43-55)62-44-56(80(4,5)6)45-66-73(62)84(68)77-69(50-30-20-11-21-31-50)76-70-78-71(77)82(66)65-42-54(49-28-18-10-19-29-49)39-61-60-38-53(48-26-16-9-17-27-48)41-64(74(60)85(78)75(61)65)81(70)63-40-52(47-24-14-8-15-25-47)37-59-57-36-51(46-22-12-7-13-23-46)32-34-67(57)83(76)72(59)63/h7-45H,1-6H3. The van der Waals surface area contributed by atoms with Gasteiger partial charge in [0.15, 0.2) is 0 Å². The molecule has 19 rings (SSSR count). The first-order valence-electron chi connectivity index (χ1n) is 30.4. The molecule has 0 atom stereocenters. The zero-order valence-electron chi connectivity index (χ0n) is 48.5. The van der Waals surface area contributed by atoms with E-state index in [1.165, 1.54) is 182 Å². The fourth-order valence-electron chi connectivity index (χ4n) is 16.2. The summed E-state index contributed by atoms with van der Waals surface area (Å²) in [5.41, 5.74) is 34.7. The molecule has 3 nitrogen and oxygen atoms in total. The number of fused-ring (bicyclic) bond motifs is 13. The first kappa shape index (κ1) is 47.6. The molecule has 5 heteroatoms. The molecule has 0 spiro atoms. The summed E-state index contributed by atoms with van der Waals surface area (Å²) in [5, 5.41) is 7.79. The zero-order valence-corrected chi connectivity index (χ0v) is 48.5. The molecule has 4 aliphatic heterocycles. The summed E-state index contributed by atoms with van der Waals surface area (Å²) < 4.78 is 8.32. The SMILES string of the molecule is CC(C)(C)c1ccc2c(c1)c1cc(C(C)(C)C)cc3c1n2-c1c2c4c5c(c1-c1ccccc1)-n1c6ccc(-c7ccccc7)cc6c6cc(-c7ccccc7)cc(c61)B5c1cc(-c5ccccc5)cc5c6cc(-c7ccccc7)cc(c6n-4c15)B23. The molecule has 0 N–H and O–H groups in total. The topological polar surface area (TPSA) is 14.8 Å². The highest BCUT2D eigenvalue weighted by molar-refractivity contribution is 7.04. The number of nitrogens with zero attached hydrogens (tertiary/aromatic N) is 3. The highest BCUT2D eigenvalue weighted by Crippen LogP contribution is 2.50. The lowest BCUT2D eigenvalue weighted by Gasteiger charge is -2.43. The quantitative estimate of drug-likeness (QED) is 0.153. The number of aromatic nitrogens is 3. The minimum Gasteiger partial charge on any atom is -0.311 e. The maximum absolute atomic E-state index is 2.81. The van der Waals surface area contributed by atoms with Crippen molar-refractivity contribution in [2.24, 2.45) is 0 Å². The summed E-state index contributed by atoms with van der Waals surface area (Å²) in [5.74, 6) is 0. The highest BCUT2D eigenvalue weighted by atomic mass is 15.1. The first-order chi connectivity index (χ1) is 41.5. The van der Waals surface area contributed by atoms with Crippen LogP contribution in [0.3, 0.4) is 0 Å². The van der Waals surface area contributed by atoms with Crippen molar-refractivity contribution < 1.29 is 0 Å². The van der Waals surface area contributed by atoms with Crippen LogP contribution < -0.4 is 32.8 Å². The van der Waals surface area contributed by atoms with E-state index < -0.39 is 0 Å². The molecule has 0 bridgehead atoms. The Hall–Kier alpha value is -9.83. The molecule has 0 unspecified atom stereocenters. The predicted molar refractivity (Wildman–Crippen MR) is 363 cm³/mol. The van der Waals surface area contributed by atoms with Gasteiger partial charge in [0.25, 0.3) is 13.4 Å². The third-order valence-electron chi connectivity index (χ3n) is 20.0. The molecule has 0 saturated carbocycles. The van der Waals surface area contributed by atoms with Crippen molar-refractivity contribution in [2.75, 3.05) is 0 Å². The Bertz CT molecular complexity index is 5460. The van der Waals surface area contributed by atoms with Crippen LogP contribution in [0.2, 0.25) is 0 Å². The van der Waals surface area contributed by atoms with Crippen LogP contribution in [0.15, 0.2) is 237 Å². The Balaban J connectivity index is 1.10. The molecule has 0 aliphatic carbocycles. The lowest BCUT2D eigenvalue weighted by molar-refractivity contribution is 0.590. The van der Waals surface area contributed by atoms with E-state index >= 15 is 0 Å². The molecule has 85 heavy (non-hydrogen) atoms. The van der Waals surface area contributed by atoms with Gasteiger partial charge in [0, 0.05) is 65.6 Å². The summed E-state index contributed by atoms with van der Waals surface area (Å²) in [6, 6.07) is 91.3. The van der Waals surface area contributed by atoms with Crippen LogP contribution in [0.5, 0.6) is 0 Å². The third-order valence-corrected chi connectivity index (χ3v) is 20.0. The van der Waals surface area contributed by atoms with E-state index in [4.69, 9.17) is 0 Å². The van der Waals surface area contributed by atoms with Crippen molar-refractivity contribution in [1.82, 2.24) is 13.7 Å². The van der Waals surface area contributed by atoms with Crippen LogP contribution >= 0.6 is 0 Å². The molecular weight excluding hydrogens is 1020 g/mol. The van der Waals surface area contributed by atoms with Crippen molar-refractivity contribution in [3.05, 3.63) is 248 Å². The van der Waals surface area contributed by atoms with E-state index in [9.17, 15) is 0 Å². The second-order valence-corrected chi connectivity index (χ2v) is 26.8. The predicted octanol–water partition coefficient (Wildman–Crippen LogP) is 16.2. The van der Waals surface area contributed by atoms with Crippen molar-refractivity contribution in [2.45, 2.75) is 52.4 Å². The largest absolute Gasteiger partial charge is 0.311 e. The molecule has 0 radical (unpaired) electrons. The third kappa shape index (κ3) is 6.27. The van der Waals surface area contributed by atoms with Gasteiger partial charge in [-0.3, -0.25) is 0 Å². The monoisotopic (exact) mass is 1080 g/mol. The molecule has 12 aromatic carbocycles. The van der Waals surface area contributed by atoms with Crippen LogP contribution in [0.1, 0.15) is 52.7 Å². The van der Waals surface area contributed by atoms with Gasteiger partial charge in [0.1, 0.15) is 0 Å². The molecule has 4 aliphatic rings. The normalized spacial score (nSPS) is 13.5. The van der Waals surface area contributed by atoms with E-state index in [-0.39, 0.29) is 24.3 Å². The summed E-state index contributed by atoms with van der Waals surface area (Å²) >= 11 is 0. The zero-order chi connectivity index (χ0) is 56.5. The molecule has 0 saturated heterocycles. The molecule has 398 valence electrons. The van der Waals surface area contributed by atoms with Crippen LogP contribution in [0, 0.1) is 0 Å². The first-order valence-corrected chi connectivity index (χ1v) is 30.4. The summed E-state index contributed by atoms with van der Waals surface area (Å²) in [6.07, 6.45) is 0. The van der Waals surface area contributed by atoms with Crippen molar-refractivity contribution >= 4 is 112 Å². The van der Waals surface area contributed by atoms with Crippen LogP contribution in [0.4, 0.5) is 0 Å². The van der Waals surface area contributed by atoms with Gasteiger partial charge in [-0.2, -0.15) is 0 Å². The van der Waals surface area contributed by atoms with Crippen LogP contribution in [-0.4, -0.2) is 27.1 Å². The van der Waals surface area contributed by atoms with E-state index in [2.05, 4.69) is 292 Å². The van der Waals surface area contributed by atoms with Gasteiger partial charge in [-0.1, -0.05) is 230 Å². The summed E-state index contributed by atoms with van der Waals surface area (Å²) in [4.78, 5) is 0. The summed E-state index contributed by atoms with van der Waals surface area (Å²) in [7, 11) is 0. The Morgan fingerprint density at radius 1 is 0.259 bits per heavy atom. The van der Waals surface area contributed by atoms with E-state index in [0.29, 0.717) is 0 Å². The van der Waals surface area contributed by atoms with Crippen molar-refractivity contribution in [1.29, 1.82) is 0 Å². The van der Waals surface area contributed by atoms with Gasteiger partial charge in [-0.05, 0) is 153 Å². The lowest BCUT2D eigenvalue weighted by Crippen LogP contribution is -2.67. The van der Waals surface area contributed by atoms with Crippen LogP contribution in [-0.2, 0) is 10.8 Å². The molecule has 0 fully saturated rings. The minimum atomic E-state index is -0.133. The Labute approximate surface area is 495 Å².